The number of rotatable bonds is 7. The van der Waals surface area contributed by atoms with Crippen LogP contribution in [0, 0.1) is 5.92 Å². The quantitative estimate of drug-likeness (QED) is 0.808. The van der Waals surface area contributed by atoms with E-state index >= 15 is 0 Å². The van der Waals surface area contributed by atoms with Crippen molar-refractivity contribution in [2.75, 3.05) is 28.6 Å². The van der Waals surface area contributed by atoms with Crippen LogP contribution in [0.2, 0.25) is 0 Å². The number of benzene rings is 2. The molecular weight excluding hydrogens is 314 g/mol. The first-order chi connectivity index (χ1) is 12.0. The molecule has 0 saturated heterocycles. The van der Waals surface area contributed by atoms with Crippen LogP contribution in [0.5, 0.6) is 0 Å². The summed E-state index contributed by atoms with van der Waals surface area (Å²) in [4.78, 5) is 26.0. The van der Waals surface area contributed by atoms with Gasteiger partial charge in [-0.25, -0.2) is 0 Å². The van der Waals surface area contributed by atoms with Gasteiger partial charge < -0.3 is 15.5 Å². The van der Waals surface area contributed by atoms with Crippen LogP contribution in [0.3, 0.4) is 0 Å². The fourth-order valence-corrected chi connectivity index (χ4v) is 2.32. The molecule has 0 unspecified atom stereocenters. The Balaban J connectivity index is 1.93. The zero-order valence-electron chi connectivity index (χ0n) is 15.0. The molecule has 5 heteroatoms. The summed E-state index contributed by atoms with van der Waals surface area (Å²) in [6.45, 7) is 6.74. The van der Waals surface area contributed by atoms with Gasteiger partial charge in [-0.1, -0.05) is 32.0 Å². The molecule has 0 atom stereocenters. The molecule has 0 saturated carbocycles. The predicted molar refractivity (Wildman–Crippen MR) is 103 cm³/mol. The third-order valence-electron chi connectivity index (χ3n) is 3.80. The Bertz CT molecular complexity index is 697. The summed E-state index contributed by atoms with van der Waals surface area (Å²) in [5, 5.41) is 5.71. The first-order valence-corrected chi connectivity index (χ1v) is 8.50. The number of amides is 2. The van der Waals surface area contributed by atoms with Crippen molar-refractivity contribution in [3.8, 4) is 0 Å². The Morgan fingerprint density at radius 2 is 1.48 bits per heavy atom. The van der Waals surface area contributed by atoms with E-state index in [2.05, 4.69) is 10.6 Å². The Morgan fingerprint density at radius 3 is 2.00 bits per heavy atom. The normalized spacial score (nSPS) is 10.4. The second-order valence-corrected chi connectivity index (χ2v) is 6.12. The fraction of sp³-hybridized carbons (Fsp3) is 0.300. The van der Waals surface area contributed by atoms with Crippen molar-refractivity contribution in [3.05, 3.63) is 54.6 Å². The maximum Gasteiger partial charge on any atom is 0.243 e. The van der Waals surface area contributed by atoms with Gasteiger partial charge in [-0.05, 0) is 43.3 Å². The SMILES string of the molecule is CCN(CC(=O)Nc1ccc(NC(=O)C(C)C)cc1)c1ccccc1. The van der Waals surface area contributed by atoms with E-state index in [-0.39, 0.29) is 24.3 Å². The van der Waals surface area contributed by atoms with Crippen LogP contribution >= 0.6 is 0 Å². The molecule has 0 aromatic heterocycles. The number of likely N-dealkylation sites (N-methyl/N-ethyl adjacent to an activating group) is 1. The van der Waals surface area contributed by atoms with E-state index in [1.165, 1.54) is 0 Å². The third kappa shape index (κ3) is 5.64. The Morgan fingerprint density at radius 1 is 0.920 bits per heavy atom. The molecule has 132 valence electrons. The fourth-order valence-electron chi connectivity index (χ4n) is 2.32. The second-order valence-electron chi connectivity index (χ2n) is 6.12. The highest BCUT2D eigenvalue weighted by Crippen LogP contribution is 2.16. The van der Waals surface area contributed by atoms with Crippen molar-refractivity contribution < 1.29 is 9.59 Å². The maximum absolute atomic E-state index is 12.3. The number of anilines is 3. The van der Waals surface area contributed by atoms with Crippen molar-refractivity contribution in [3.63, 3.8) is 0 Å². The minimum absolute atomic E-state index is 0.0294. The standard InChI is InChI=1S/C20H25N3O2/c1-4-23(18-8-6-5-7-9-18)14-19(24)21-16-10-12-17(13-11-16)22-20(25)15(2)3/h5-13,15H,4,14H2,1-3H3,(H,21,24)(H,22,25). The van der Waals surface area contributed by atoms with Gasteiger partial charge in [-0.3, -0.25) is 9.59 Å². The van der Waals surface area contributed by atoms with Crippen molar-refractivity contribution in [1.82, 2.24) is 0 Å². The van der Waals surface area contributed by atoms with Crippen LogP contribution in [0.15, 0.2) is 54.6 Å². The minimum Gasteiger partial charge on any atom is -0.362 e. The average molecular weight is 339 g/mol. The second kappa shape index (κ2) is 8.87. The molecule has 2 N–H and O–H groups in total. The Hall–Kier alpha value is -2.82. The topological polar surface area (TPSA) is 61.4 Å². The van der Waals surface area contributed by atoms with Gasteiger partial charge >= 0.3 is 0 Å². The molecule has 0 radical (unpaired) electrons. The first-order valence-electron chi connectivity index (χ1n) is 8.50. The largest absolute Gasteiger partial charge is 0.362 e. The van der Waals surface area contributed by atoms with Crippen molar-refractivity contribution >= 4 is 28.9 Å². The summed E-state index contributed by atoms with van der Waals surface area (Å²) in [6, 6.07) is 17.0. The molecule has 25 heavy (non-hydrogen) atoms. The van der Waals surface area contributed by atoms with E-state index in [9.17, 15) is 9.59 Å². The minimum atomic E-state index is -0.0790. The Kier molecular flexibility index (Phi) is 6.57. The van der Waals surface area contributed by atoms with Crippen LogP contribution in [-0.4, -0.2) is 24.9 Å². The molecule has 2 aromatic carbocycles. The van der Waals surface area contributed by atoms with Crippen LogP contribution < -0.4 is 15.5 Å². The molecule has 2 aromatic rings. The number of carbonyl (C=O) groups is 2. The van der Waals surface area contributed by atoms with Gasteiger partial charge in [0.2, 0.25) is 11.8 Å². The number of hydrogen-bond acceptors (Lipinski definition) is 3. The highest BCUT2D eigenvalue weighted by atomic mass is 16.2. The highest BCUT2D eigenvalue weighted by molar-refractivity contribution is 5.95. The molecule has 0 heterocycles. The smallest absolute Gasteiger partial charge is 0.243 e. The molecule has 2 rings (SSSR count). The lowest BCUT2D eigenvalue weighted by molar-refractivity contribution is -0.119. The summed E-state index contributed by atoms with van der Waals surface area (Å²) in [6.07, 6.45) is 0. The van der Waals surface area contributed by atoms with Gasteiger partial charge in [-0.2, -0.15) is 0 Å². The Labute approximate surface area is 149 Å². The monoisotopic (exact) mass is 339 g/mol. The van der Waals surface area contributed by atoms with Gasteiger partial charge in [0.15, 0.2) is 0 Å². The molecule has 2 amide bonds. The number of para-hydroxylation sites is 1. The predicted octanol–water partition coefficient (Wildman–Crippen LogP) is 3.75. The zero-order valence-corrected chi connectivity index (χ0v) is 15.0. The van der Waals surface area contributed by atoms with Gasteiger partial charge in [0.1, 0.15) is 0 Å². The summed E-state index contributed by atoms with van der Waals surface area (Å²) in [5.74, 6) is -0.180. The highest BCUT2D eigenvalue weighted by Gasteiger charge is 2.10. The molecule has 5 nitrogen and oxygen atoms in total. The third-order valence-corrected chi connectivity index (χ3v) is 3.80. The molecule has 0 fully saturated rings. The van der Waals surface area contributed by atoms with Crippen molar-refractivity contribution in [2.24, 2.45) is 5.92 Å². The van der Waals surface area contributed by atoms with Crippen LogP contribution in [0.25, 0.3) is 0 Å². The van der Waals surface area contributed by atoms with E-state index in [0.29, 0.717) is 5.69 Å². The molecule has 0 spiro atoms. The maximum atomic E-state index is 12.3. The van der Waals surface area contributed by atoms with Gasteiger partial charge in [0, 0.05) is 29.5 Å². The molecule has 0 aliphatic carbocycles. The number of nitrogens with one attached hydrogen (secondary N) is 2. The van der Waals surface area contributed by atoms with Gasteiger partial charge in [0.05, 0.1) is 6.54 Å². The van der Waals surface area contributed by atoms with E-state index in [1.807, 2.05) is 56.0 Å². The number of nitrogens with zero attached hydrogens (tertiary/aromatic N) is 1. The van der Waals surface area contributed by atoms with Crippen molar-refractivity contribution in [1.29, 1.82) is 0 Å². The molecular formula is C20H25N3O2. The van der Waals surface area contributed by atoms with Crippen LogP contribution in [0.4, 0.5) is 17.1 Å². The lowest BCUT2D eigenvalue weighted by Gasteiger charge is -2.22. The average Bonchev–Trinajstić information content (AvgIpc) is 2.62. The van der Waals surface area contributed by atoms with E-state index in [4.69, 9.17) is 0 Å². The number of hydrogen-bond donors (Lipinski definition) is 2. The molecule has 0 bridgehead atoms. The number of carbonyl (C=O) groups excluding carboxylic acids is 2. The van der Waals surface area contributed by atoms with Crippen LogP contribution in [0.1, 0.15) is 20.8 Å². The lowest BCUT2D eigenvalue weighted by Crippen LogP contribution is -2.33. The summed E-state index contributed by atoms with van der Waals surface area (Å²) >= 11 is 0. The molecule has 0 aliphatic rings. The van der Waals surface area contributed by atoms with Gasteiger partial charge in [0.25, 0.3) is 0 Å². The van der Waals surface area contributed by atoms with E-state index in [1.54, 1.807) is 24.3 Å². The summed E-state index contributed by atoms with van der Waals surface area (Å²) in [7, 11) is 0. The van der Waals surface area contributed by atoms with E-state index < -0.39 is 0 Å². The van der Waals surface area contributed by atoms with Gasteiger partial charge in [-0.15, -0.1) is 0 Å². The zero-order chi connectivity index (χ0) is 18.2. The molecule has 0 aliphatic heterocycles. The first kappa shape index (κ1) is 18.5. The van der Waals surface area contributed by atoms with Crippen LogP contribution in [-0.2, 0) is 9.59 Å². The van der Waals surface area contributed by atoms with E-state index in [0.717, 1.165) is 17.9 Å². The summed E-state index contributed by atoms with van der Waals surface area (Å²) < 4.78 is 0. The lowest BCUT2D eigenvalue weighted by atomic mass is 10.2. The van der Waals surface area contributed by atoms with Crippen molar-refractivity contribution in [2.45, 2.75) is 20.8 Å². The summed E-state index contributed by atoms with van der Waals surface area (Å²) in [5.41, 5.74) is 2.44.